The van der Waals surface area contributed by atoms with Gasteiger partial charge in [0.25, 0.3) is 11.8 Å². The summed E-state index contributed by atoms with van der Waals surface area (Å²) in [7, 11) is 0. The summed E-state index contributed by atoms with van der Waals surface area (Å²) in [6.45, 7) is 1.13. The Bertz CT molecular complexity index is 921. The van der Waals surface area contributed by atoms with Crippen LogP contribution in [0.2, 0.25) is 0 Å². The second-order valence-corrected chi connectivity index (χ2v) is 6.81. The van der Waals surface area contributed by atoms with Gasteiger partial charge in [-0.05, 0) is 31.2 Å². The van der Waals surface area contributed by atoms with Gasteiger partial charge >= 0.3 is 6.18 Å². The van der Waals surface area contributed by atoms with Gasteiger partial charge in [0, 0.05) is 31.3 Å². The summed E-state index contributed by atoms with van der Waals surface area (Å²) < 4.78 is 70.9. The van der Waals surface area contributed by atoms with Crippen molar-refractivity contribution in [1.82, 2.24) is 14.9 Å². The molecule has 31 heavy (non-hydrogen) atoms. The lowest BCUT2D eigenvalue weighted by Gasteiger charge is -2.16. The van der Waals surface area contributed by atoms with E-state index in [9.17, 15) is 26.7 Å². The molecule has 2 N–H and O–H groups in total. The number of rotatable bonds is 7. The number of alkyl halides is 5. The highest BCUT2D eigenvalue weighted by Crippen LogP contribution is 2.33. The molecule has 1 aliphatic rings. The molecule has 168 valence electrons. The zero-order chi connectivity index (χ0) is 22.6. The predicted octanol–water partition coefficient (Wildman–Crippen LogP) is 3.86. The van der Waals surface area contributed by atoms with E-state index in [0.717, 1.165) is 4.90 Å². The lowest BCUT2D eigenvalue weighted by molar-refractivity contribution is -0.137. The first-order chi connectivity index (χ1) is 14.6. The minimum absolute atomic E-state index is 0.00396. The largest absolute Gasteiger partial charge is 0.473 e. The molecule has 2 aromatic rings. The monoisotopic (exact) mass is 445 g/mol. The Morgan fingerprint density at radius 3 is 2.52 bits per heavy atom. The van der Waals surface area contributed by atoms with Crippen LogP contribution in [0.4, 0.5) is 33.7 Å². The van der Waals surface area contributed by atoms with Crippen LogP contribution in [0.25, 0.3) is 0 Å². The molecule has 1 aliphatic heterocycles. The number of hydrogen-bond acceptors (Lipinski definition) is 6. The van der Waals surface area contributed by atoms with Crippen molar-refractivity contribution >= 4 is 17.7 Å². The van der Waals surface area contributed by atoms with Crippen LogP contribution >= 0.6 is 0 Å². The highest BCUT2D eigenvalue weighted by Gasteiger charge is 2.40. The van der Waals surface area contributed by atoms with Gasteiger partial charge < -0.3 is 20.3 Å². The Morgan fingerprint density at radius 1 is 1.23 bits per heavy atom. The number of benzene rings is 1. The summed E-state index contributed by atoms with van der Waals surface area (Å²) >= 11 is 0. The summed E-state index contributed by atoms with van der Waals surface area (Å²) in [6.07, 6.45) is -4.26. The van der Waals surface area contributed by atoms with Crippen LogP contribution < -0.4 is 15.4 Å². The first-order valence-corrected chi connectivity index (χ1v) is 9.41. The Labute approximate surface area is 174 Å². The quantitative estimate of drug-likeness (QED) is 0.498. The lowest BCUT2D eigenvalue weighted by Crippen LogP contribution is -2.31. The molecule has 0 radical (unpaired) electrons. The minimum Gasteiger partial charge on any atom is -0.473 e. The Balaban J connectivity index is 1.56. The van der Waals surface area contributed by atoms with Crippen LogP contribution in [0, 0.1) is 0 Å². The second-order valence-electron chi connectivity index (χ2n) is 6.81. The third kappa shape index (κ3) is 5.70. The molecule has 3 rings (SSSR count). The van der Waals surface area contributed by atoms with E-state index in [1.807, 2.05) is 0 Å². The van der Waals surface area contributed by atoms with E-state index < -0.39 is 30.1 Å². The Kier molecular flexibility index (Phi) is 6.46. The summed E-state index contributed by atoms with van der Waals surface area (Å²) in [5, 5.41) is 5.19. The van der Waals surface area contributed by atoms with E-state index in [1.165, 1.54) is 24.3 Å². The SMILES string of the molecule is CCNc1nc(NCOc2ccc(C(=O)N3CCC(F)(F)C3)cc2)ncc1C(F)(F)F. The molecular formula is C19H20F5N5O2. The van der Waals surface area contributed by atoms with Gasteiger partial charge in [0.15, 0.2) is 6.73 Å². The summed E-state index contributed by atoms with van der Waals surface area (Å²) in [5.41, 5.74) is -0.726. The highest BCUT2D eigenvalue weighted by molar-refractivity contribution is 5.94. The molecule has 0 spiro atoms. The van der Waals surface area contributed by atoms with Crippen LogP contribution in [0.1, 0.15) is 29.3 Å². The summed E-state index contributed by atoms with van der Waals surface area (Å²) in [6, 6.07) is 5.87. The van der Waals surface area contributed by atoms with Gasteiger partial charge in [-0.25, -0.2) is 13.8 Å². The number of aromatic nitrogens is 2. The molecule has 1 amide bonds. The maximum absolute atomic E-state index is 13.3. The average Bonchev–Trinajstić information content (AvgIpc) is 3.07. The van der Waals surface area contributed by atoms with Crippen molar-refractivity contribution < 1.29 is 31.5 Å². The Hall–Kier alpha value is -3.18. The number of anilines is 2. The van der Waals surface area contributed by atoms with Crippen molar-refractivity contribution in [1.29, 1.82) is 0 Å². The van der Waals surface area contributed by atoms with Gasteiger partial charge in [0.1, 0.15) is 17.1 Å². The highest BCUT2D eigenvalue weighted by atomic mass is 19.4. The van der Waals surface area contributed by atoms with Gasteiger partial charge in [-0.15, -0.1) is 0 Å². The number of carbonyl (C=O) groups is 1. The molecule has 12 heteroatoms. The van der Waals surface area contributed by atoms with E-state index in [4.69, 9.17) is 4.74 Å². The number of nitrogens with zero attached hydrogens (tertiary/aromatic N) is 3. The fourth-order valence-corrected chi connectivity index (χ4v) is 2.95. The van der Waals surface area contributed by atoms with Gasteiger partial charge in [-0.3, -0.25) is 4.79 Å². The van der Waals surface area contributed by atoms with Crippen molar-refractivity contribution in [3.05, 3.63) is 41.6 Å². The summed E-state index contributed by atoms with van der Waals surface area (Å²) in [5.74, 6) is -3.41. The number of hydrogen-bond donors (Lipinski definition) is 2. The third-order valence-corrected chi connectivity index (χ3v) is 4.47. The van der Waals surface area contributed by atoms with E-state index in [2.05, 4.69) is 20.6 Å². The average molecular weight is 445 g/mol. The first-order valence-electron chi connectivity index (χ1n) is 9.41. The molecule has 0 saturated carbocycles. The van der Waals surface area contributed by atoms with Crippen LogP contribution in [-0.2, 0) is 6.18 Å². The topological polar surface area (TPSA) is 79.4 Å². The van der Waals surface area contributed by atoms with E-state index >= 15 is 0 Å². The molecule has 1 aromatic carbocycles. The molecule has 0 bridgehead atoms. The molecule has 2 heterocycles. The zero-order valence-electron chi connectivity index (χ0n) is 16.5. The minimum atomic E-state index is -4.59. The number of carbonyl (C=O) groups excluding carboxylic acids is 1. The van der Waals surface area contributed by atoms with Crippen molar-refractivity contribution in [2.24, 2.45) is 0 Å². The molecular weight excluding hydrogens is 425 g/mol. The van der Waals surface area contributed by atoms with E-state index in [1.54, 1.807) is 6.92 Å². The summed E-state index contributed by atoms with van der Waals surface area (Å²) in [4.78, 5) is 20.8. The van der Waals surface area contributed by atoms with Crippen molar-refractivity contribution in [3.8, 4) is 5.75 Å². The zero-order valence-corrected chi connectivity index (χ0v) is 16.5. The van der Waals surface area contributed by atoms with E-state index in [0.29, 0.717) is 11.9 Å². The predicted molar refractivity (Wildman–Crippen MR) is 102 cm³/mol. The van der Waals surface area contributed by atoms with E-state index in [-0.39, 0.29) is 43.6 Å². The van der Waals surface area contributed by atoms with Crippen LogP contribution in [0.15, 0.2) is 30.5 Å². The normalized spacial score (nSPS) is 15.6. The van der Waals surface area contributed by atoms with Crippen molar-refractivity contribution in [3.63, 3.8) is 0 Å². The number of amides is 1. The van der Waals surface area contributed by atoms with Crippen molar-refractivity contribution in [2.75, 3.05) is 37.0 Å². The fraction of sp³-hybridized carbons (Fsp3) is 0.421. The van der Waals surface area contributed by atoms with Gasteiger partial charge in [0.05, 0.1) is 6.54 Å². The first kappa shape index (κ1) is 22.5. The molecule has 0 unspecified atom stereocenters. The van der Waals surface area contributed by atoms with Gasteiger partial charge in [-0.1, -0.05) is 0 Å². The van der Waals surface area contributed by atoms with Gasteiger partial charge in [-0.2, -0.15) is 18.2 Å². The van der Waals surface area contributed by atoms with Crippen molar-refractivity contribution in [2.45, 2.75) is 25.4 Å². The molecule has 0 aliphatic carbocycles. The van der Waals surface area contributed by atoms with Crippen LogP contribution in [-0.4, -0.2) is 53.1 Å². The van der Waals surface area contributed by atoms with Crippen LogP contribution in [0.5, 0.6) is 5.75 Å². The van der Waals surface area contributed by atoms with Gasteiger partial charge in [0.2, 0.25) is 5.95 Å². The second kappa shape index (κ2) is 8.90. The Morgan fingerprint density at radius 2 is 1.94 bits per heavy atom. The lowest BCUT2D eigenvalue weighted by atomic mass is 10.2. The smallest absolute Gasteiger partial charge is 0.421 e. The third-order valence-electron chi connectivity index (χ3n) is 4.47. The standard InChI is InChI=1S/C19H20F5N5O2/c1-2-25-15-14(19(22,23)24)9-26-17(28-15)27-11-31-13-5-3-12(4-6-13)16(30)29-8-7-18(20,21)10-29/h3-6,9H,2,7-8,10-11H2,1H3,(H2,25,26,27,28). The molecule has 0 atom stereocenters. The molecule has 1 fully saturated rings. The maximum atomic E-state index is 13.3. The molecule has 7 nitrogen and oxygen atoms in total. The number of halogens is 5. The maximum Gasteiger partial charge on any atom is 0.421 e. The molecule has 1 saturated heterocycles. The number of likely N-dealkylation sites (tertiary alicyclic amines) is 1. The number of ether oxygens (including phenoxy) is 1. The number of nitrogens with one attached hydrogen (secondary N) is 2. The fourth-order valence-electron chi connectivity index (χ4n) is 2.95. The molecule has 1 aromatic heterocycles. The van der Waals surface area contributed by atoms with Crippen LogP contribution in [0.3, 0.4) is 0 Å².